The molecule has 4 nitrogen and oxygen atoms in total. The van der Waals surface area contributed by atoms with E-state index in [9.17, 15) is 0 Å². The van der Waals surface area contributed by atoms with Crippen LogP contribution < -0.4 is 5.73 Å². The van der Waals surface area contributed by atoms with Gasteiger partial charge in [0.2, 0.25) is 5.95 Å². The van der Waals surface area contributed by atoms with Gasteiger partial charge in [0.1, 0.15) is 0 Å². The van der Waals surface area contributed by atoms with Crippen molar-refractivity contribution in [2.24, 2.45) is 0 Å². The van der Waals surface area contributed by atoms with E-state index in [1.807, 2.05) is 25.1 Å². The molecule has 0 radical (unpaired) electrons. The Labute approximate surface area is 126 Å². The minimum Gasteiger partial charge on any atom is -0.368 e. The van der Waals surface area contributed by atoms with Crippen molar-refractivity contribution in [2.45, 2.75) is 25.7 Å². The van der Waals surface area contributed by atoms with Crippen molar-refractivity contribution in [1.82, 2.24) is 9.97 Å². The third kappa shape index (κ3) is 2.22. The summed E-state index contributed by atoms with van der Waals surface area (Å²) in [6.45, 7) is 1.89. The molecular weight excluding hydrogens is 316 g/mol. The first-order valence-corrected chi connectivity index (χ1v) is 7.30. The van der Waals surface area contributed by atoms with Gasteiger partial charge in [-0.3, -0.25) is 0 Å². The molecule has 102 valence electrons. The van der Waals surface area contributed by atoms with E-state index in [4.69, 9.17) is 11.1 Å². The van der Waals surface area contributed by atoms with Gasteiger partial charge in [0.15, 0.2) is 0 Å². The van der Waals surface area contributed by atoms with Crippen molar-refractivity contribution in [3.63, 3.8) is 0 Å². The fraction of sp³-hybridized carbons (Fsp3) is 0.267. The summed E-state index contributed by atoms with van der Waals surface area (Å²) in [5, 5.41) is 8.30. The number of halogens is 1. The number of aromatic nitrogens is 2. The van der Waals surface area contributed by atoms with Crippen LogP contribution in [0.1, 0.15) is 34.9 Å². The zero-order valence-corrected chi connectivity index (χ0v) is 12.7. The minimum absolute atomic E-state index is 0.263. The Morgan fingerprint density at radius 2 is 2.00 bits per heavy atom. The Morgan fingerprint density at radius 3 is 2.75 bits per heavy atom. The number of nitrogens with one attached hydrogen (secondary N) is 1. The molecule has 1 aromatic carbocycles. The molecule has 0 amide bonds. The molecule has 20 heavy (non-hydrogen) atoms. The second kappa shape index (κ2) is 4.98. The molecule has 0 aliphatic heterocycles. The van der Waals surface area contributed by atoms with E-state index in [-0.39, 0.29) is 5.92 Å². The molecule has 1 aliphatic carbocycles. The average molecular weight is 331 g/mol. The molecule has 0 saturated carbocycles. The number of fused-ring (bicyclic) bond motifs is 1. The van der Waals surface area contributed by atoms with Gasteiger partial charge < -0.3 is 11.1 Å². The molecule has 0 bridgehead atoms. The number of anilines is 1. The first-order valence-electron chi connectivity index (χ1n) is 6.51. The van der Waals surface area contributed by atoms with Gasteiger partial charge >= 0.3 is 0 Å². The Morgan fingerprint density at radius 1 is 1.25 bits per heavy atom. The summed E-state index contributed by atoms with van der Waals surface area (Å²) in [6.07, 6.45) is 1.51. The van der Waals surface area contributed by atoms with Gasteiger partial charge in [-0.2, -0.15) is 0 Å². The minimum atomic E-state index is 0.263. The molecule has 3 rings (SSSR count). The Bertz CT molecular complexity index is 696. The van der Waals surface area contributed by atoms with E-state index in [2.05, 4.69) is 32.0 Å². The first kappa shape index (κ1) is 13.2. The van der Waals surface area contributed by atoms with Gasteiger partial charge in [-0.25, -0.2) is 9.97 Å². The second-order valence-electron chi connectivity index (χ2n) is 5.09. The summed E-state index contributed by atoms with van der Waals surface area (Å²) in [5.41, 5.74) is 10.1. The molecule has 1 aliphatic rings. The van der Waals surface area contributed by atoms with Crippen LogP contribution in [0.15, 0.2) is 28.7 Å². The van der Waals surface area contributed by atoms with Gasteiger partial charge in [-0.1, -0.05) is 34.1 Å². The summed E-state index contributed by atoms with van der Waals surface area (Å²) in [4.78, 5) is 8.51. The zero-order valence-electron chi connectivity index (χ0n) is 11.2. The van der Waals surface area contributed by atoms with Crippen LogP contribution in [0.4, 0.5) is 5.95 Å². The standard InChI is InChI=1S/C15H15BrN4/c1-8-14-12(17)6-9(7-13(14)20-15(18)19-8)10-4-2-3-5-11(10)16/h2-5,9,17H,6-7H2,1H3,(H2,18,19,20). The molecule has 3 N–H and O–H groups in total. The van der Waals surface area contributed by atoms with Crippen molar-refractivity contribution in [3.05, 3.63) is 51.3 Å². The van der Waals surface area contributed by atoms with Crippen LogP contribution in [0.25, 0.3) is 0 Å². The van der Waals surface area contributed by atoms with E-state index < -0.39 is 0 Å². The largest absolute Gasteiger partial charge is 0.368 e. The Hall–Kier alpha value is -1.75. The normalized spacial score (nSPS) is 17.9. The maximum absolute atomic E-state index is 8.30. The molecule has 1 atom stereocenters. The lowest BCUT2D eigenvalue weighted by molar-refractivity contribution is 0.671. The zero-order chi connectivity index (χ0) is 14.3. The average Bonchev–Trinajstić information content (AvgIpc) is 2.37. The summed E-state index contributed by atoms with van der Waals surface area (Å²) < 4.78 is 1.08. The fourth-order valence-corrected chi connectivity index (χ4v) is 3.48. The third-order valence-corrected chi connectivity index (χ3v) is 4.44. The topological polar surface area (TPSA) is 75.7 Å². The SMILES string of the molecule is Cc1nc(N)nc2c1C(=N)CC(c1ccccc1Br)C2. The lowest BCUT2D eigenvalue weighted by atomic mass is 9.81. The highest BCUT2D eigenvalue weighted by molar-refractivity contribution is 9.10. The number of benzene rings is 1. The highest BCUT2D eigenvalue weighted by Gasteiger charge is 2.28. The molecule has 1 aromatic heterocycles. The molecule has 1 heterocycles. The maximum atomic E-state index is 8.30. The van der Waals surface area contributed by atoms with Crippen molar-refractivity contribution in [1.29, 1.82) is 5.41 Å². The predicted molar refractivity (Wildman–Crippen MR) is 83.2 cm³/mol. The number of nitrogens with zero attached hydrogens (tertiary/aromatic N) is 2. The van der Waals surface area contributed by atoms with Gasteiger partial charge in [-0.15, -0.1) is 0 Å². The number of hydrogen-bond donors (Lipinski definition) is 2. The van der Waals surface area contributed by atoms with Crippen LogP contribution in [0.2, 0.25) is 0 Å². The summed E-state index contributed by atoms with van der Waals surface area (Å²) >= 11 is 3.59. The van der Waals surface area contributed by atoms with E-state index in [0.717, 1.165) is 27.8 Å². The lowest BCUT2D eigenvalue weighted by Gasteiger charge is -2.26. The van der Waals surface area contributed by atoms with Crippen LogP contribution in [0.3, 0.4) is 0 Å². The maximum Gasteiger partial charge on any atom is 0.220 e. The van der Waals surface area contributed by atoms with Crippen LogP contribution in [0.5, 0.6) is 0 Å². The van der Waals surface area contributed by atoms with Crippen LogP contribution in [-0.4, -0.2) is 15.7 Å². The van der Waals surface area contributed by atoms with Gasteiger partial charge in [-0.05, 0) is 37.3 Å². The summed E-state index contributed by atoms with van der Waals surface area (Å²) in [7, 11) is 0. The smallest absolute Gasteiger partial charge is 0.220 e. The van der Waals surface area contributed by atoms with Crippen LogP contribution >= 0.6 is 15.9 Å². The van der Waals surface area contributed by atoms with Crippen LogP contribution in [-0.2, 0) is 6.42 Å². The molecule has 0 spiro atoms. The lowest BCUT2D eigenvalue weighted by Crippen LogP contribution is -2.23. The van der Waals surface area contributed by atoms with E-state index in [1.54, 1.807) is 0 Å². The number of nitrogens with two attached hydrogens (primary N) is 1. The quantitative estimate of drug-likeness (QED) is 0.842. The fourth-order valence-electron chi connectivity index (χ4n) is 2.88. The molecule has 0 saturated heterocycles. The highest BCUT2D eigenvalue weighted by Crippen LogP contribution is 2.36. The van der Waals surface area contributed by atoms with Crippen molar-refractivity contribution in [2.75, 3.05) is 5.73 Å². The number of aryl methyl sites for hydroxylation is 1. The van der Waals surface area contributed by atoms with E-state index >= 15 is 0 Å². The van der Waals surface area contributed by atoms with Gasteiger partial charge in [0.05, 0.1) is 11.4 Å². The number of hydrogen-bond acceptors (Lipinski definition) is 4. The second-order valence-corrected chi connectivity index (χ2v) is 5.95. The van der Waals surface area contributed by atoms with Crippen LogP contribution in [0, 0.1) is 12.3 Å². The van der Waals surface area contributed by atoms with Crippen molar-refractivity contribution >= 4 is 27.6 Å². The Kier molecular flexibility index (Phi) is 3.30. The van der Waals surface area contributed by atoms with Gasteiger partial charge in [0, 0.05) is 15.7 Å². The molecule has 2 aromatic rings. The third-order valence-electron chi connectivity index (χ3n) is 3.72. The Balaban J connectivity index is 2.05. The van der Waals surface area contributed by atoms with E-state index in [0.29, 0.717) is 18.1 Å². The molecule has 1 unspecified atom stereocenters. The van der Waals surface area contributed by atoms with E-state index in [1.165, 1.54) is 5.56 Å². The monoisotopic (exact) mass is 330 g/mol. The summed E-state index contributed by atoms with van der Waals surface area (Å²) in [5.74, 6) is 0.557. The number of rotatable bonds is 1. The van der Waals surface area contributed by atoms with Crippen molar-refractivity contribution < 1.29 is 0 Å². The van der Waals surface area contributed by atoms with Gasteiger partial charge in [0.25, 0.3) is 0 Å². The van der Waals surface area contributed by atoms with Crippen molar-refractivity contribution in [3.8, 4) is 0 Å². The molecule has 5 heteroatoms. The highest BCUT2D eigenvalue weighted by atomic mass is 79.9. The number of nitrogen functional groups attached to an aromatic ring is 1. The predicted octanol–water partition coefficient (Wildman–Crippen LogP) is 3.23. The molecular formula is C15H15BrN4. The summed E-state index contributed by atoms with van der Waals surface area (Å²) in [6, 6.07) is 8.16. The first-order chi connectivity index (χ1) is 9.56. The molecule has 0 fully saturated rings.